The predicted molar refractivity (Wildman–Crippen MR) is 185 cm³/mol. The first-order valence-electron chi connectivity index (χ1n) is 14.5. The van der Waals surface area contributed by atoms with Crippen molar-refractivity contribution in [1.29, 1.82) is 0 Å². The van der Waals surface area contributed by atoms with Gasteiger partial charge in [-0.05, 0) is 99.5 Å². The fraction of sp³-hybridized carbons (Fsp3) is 0.108. The Morgan fingerprint density at radius 2 is 1.57 bits per heavy atom. The summed E-state index contributed by atoms with van der Waals surface area (Å²) in [7, 11) is 1.53. The molecule has 1 aliphatic heterocycles. The molecule has 0 aromatic heterocycles. The van der Waals surface area contributed by atoms with Crippen molar-refractivity contribution in [3.05, 3.63) is 135 Å². The number of carbonyl (C=O) groups excluding carboxylic acids is 3. The first kappa shape index (κ1) is 30.8. The van der Waals surface area contributed by atoms with Gasteiger partial charge in [-0.3, -0.25) is 14.9 Å². The van der Waals surface area contributed by atoms with E-state index < -0.39 is 17.8 Å². The first-order valence-corrected chi connectivity index (χ1v) is 15.6. The average molecular weight is 725 g/mol. The molecule has 1 fully saturated rings. The summed E-state index contributed by atoms with van der Waals surface area (Å²) in [4.78, 5) is 40.1. The molecule has 1 saturated heterocycles. The second-order valence-corrected chi connectivity index (χ2v) is 11.8. The molecule has 4 amide bonds. The zero-order valence-electron chi connectivity index (χ0n) is 25.1. The maximum absolute atomic E-state index is 13.5. The summed E-state index contributed by atoms with van der Waals surface area (Å²) < 4.78 is 18.4. The Bertz CT molecular complexity index is 1980. The Morgan fingerprint density at radius 1 is 0.826 bits per heavy atom. The van der Waals surface area contributed by atoms with Crippen molar-refractivity contribution in [2.75, 3.05) is 12.0 Å². The van der Waals surface area contributed by atoms with Crippen molar-refractivity contribution in [3.63, 3.8) is 0 Å². The number of benzene rings is 5. The van der Waals surface area contributed by atoms with Crippen LogP contribution in [0.5, 0.6) is 17.2 Å². The lowest BCUT2D eigenvalue weighted by molar-refractivity contribution is -0.122. The third kappa shape index (κ3) is 6.59. The lowest BCUT2D eigenvalue weighted by Gasteiger charge is -2.26. The Hall–Kier alpha value is -5.16. The van der Waals surface area contributed by atoms with Gasteiger partial charge in [-0.25, -0.2) is 9.69 Å². The van der Waals surface area contributed by atoms with Crippen LogP contribution in [0, 0.1) is 10.5 Å². The fourth-order valence-corrected chi connectivity index (χ4v) is 5.91. The number of imide groups is 2. The van der Waals surface area contributed by atoms with Gasteiger partial charge >= 0.3 is 6.03 Å². The minimum Gasteiger partial charge on any atom is -0.493 e. The van der Waals surface area contributed by atoms with Crippen LogP contribution < -0.4 is 24.4 Å². The van der Waals surface area contributed by atoms with Crippen LogP contribution in [0.2, 0.25) is 0 Å². The molecule has 5 aromatic rings. The second kappa shape index (κ2) is 13.5. The van der Waals surface area contributed by atoms with E-state index in [9.17, 15) is 14.4 Å². The average Bonchev–Trinajstić information content (AvgIpc) is 3.06. The standard InChI is InChI=1S/C37H29IN2O6/c1-23-10-12-24(13-11-23)21-45-29-16-14-28(15-17-29)40-36(42)31(35(41)39-37(40)43)18-25-19-32(38)34(33(20-25)44-2)46-22-27-8-5-7-26-6-3-4-9-30(26)27/h3-20H,21-22H2,1-2H3,(H,39,41,43)/b31-18+. The van der Waals surface area contributed by atoms with Crippen LogP contribution >= 0.6 is 22.6 Å². The zero-order chi connectivity index (χ0) is 32.2. The van der Waals surface area contributed by atoms with Gasteiger partial charge in [0.1, 0.15) is 24.5 Å². The minimum atomic E-state index is -0.829. The summed E-state index contributed by atoms with van der Waals surface area (Å²) in [6.45, 7) is 2.72. The van der Waals surface area contributed by atoms with Crippen molar-refractivity contribution in [2.24, 2.45) is 0 Å². The number of anilines is 1. The van der Waals surface area contributed by atoms with Gasteiger partial charge in [-0.1, -0.05) is 72.3 Å². The molecule has 0 spiro atoms. The van der Waals surface area contributed by atoms with Crippen LogP contribution in [0.1, 0.15) is 22.3 Å². The number of carbonyl (C=O) groups is 3. The molecule has 1 heterocycles. The SMILES string of the molecule is COc1cc(/C=C2\C(=O)NC(=O)N(c3ccc(OCc4ccc(C)cc4)cc3)C2=O)cc(I)c1OCc1cccc2ccccc12. The van der Waals surface area contributed by atoms with Crippen LogP contribution in [0.4, 0.5) is 10.5 Å². The molecular weight excluding hydrogens is 695 g/mol. The number of hydrogen-bond donors (Lipinski definition) is 1. The van der Waals surface area contributed by atoms with Crippen molar-refractivity contribution in [1.82, 2.24) is 5.32 Å². The number of barbiturate groups is 1. The highest BCUT2D eigenvalue weighted by Gasteiger charge is 2.37. The summed E-state index contributed by atoms with van der Waals surface area (Å²) in [6, 6.07) is 31.4. The number of ether oxygens (including phenoxy) is 3. The molecule has 5 aromatic carbocycles. The van der Waals surface area contributed by atoms with E-state index in [1.165, 1.54) is 13.2 Å². The number of amides is 4. The van der Waals surface area contributed by atoms with Crippen LogP contribution in [0.15, 0.2) is 109 Å². The van der Waals surface area contributed by atoms with Gasteiger partial charge in [0, 0.05) is 0 Å². The topological polar surface area (TPSA) is 94.2 Å². The highest BCUT2D eigenvalue weighted by molar-refractivity contribution is 14.1. The summed E-state index contributed by atoms with van der Waals surface area (Å²) >= 11 is 2.14. The van der Waals surface area contributed by atoms with E-state index in [-0.39, 0.29) is 5.57 Å². The van der Waals surface area contributed by atoms with Gasteiger partial charge in [0.25, 0.3) is 11.8 Å². The molecule has 9 heteroatoms. The van der Waals surface area contributed by atoms with Gasteiger partial charge < -0.3 is 14.2 Å². The molecule has 0 radical (unpaired) electrons. The van der Waals surface area contributed by atoms with E-state index in [4.69, 9.17) is 14.2 Å². The number of rotatable bonds is 9. The Labute approximate surface area is 279 Å². The third-order valence-corrected chi connectivity index (χ3v) is 8.34. The lowest BCUT2D eigenvalue weighted by Crippen LogP contribution is -2.54. The monoisotopic (exact) mass is 724 g/mol. The van der Waals surface area contributed by atoms with Gasteiger partial charge in [-0.15, -0.1) is 0 Å². The van der Waals surface area contributed by atoms with Crippen molar-refractivity contribution < 1.29 is 28.6 Å². The molecule has 0 atom stereocenters. The molecule has 0 aliphatic carbocycles. The van der Waals surface area contributed by atoms with Crippen molar-refractivity contribution >= 4 is 63.0 Å². The zero-order valence-corrected chi connectivity index (χ0v) is 27.2. The molecule has 0 unspecified atom stereocenters. The van der Waals surface area contributed by atoms with E-state index >= 15 is 0 Å². The quantitative estimate of drug-likeness (QED) is 0.0958. The first-order chi connectivity index (χ1) is 22.3. The summed E-state index contributed by atoms with van der Waals surface area (Å²) in [5.74, 6) is 0.0308. The maximum Gasteiger partial charge on any atom is 0.335 e. The number of fused-ring (bicyclic) bond motifs is 1. The van der Waals surface area contributed by atoms with E-state index in [0.29, 0.717) is 41.7 Å². The van der Waals surface area contributed by atoms with Crippen molar-refractivity contribution in [2.45, 2.75) is 20.1 Å². The number of methoxy groups -OCH3 is 1. The Balaban J connectivity index is 1.20. The van der Waals surface area contributed by atoms with E-state index in [0.717, 1.165) is 35.9 Å². The molecule has 230 valence electrons. The molecule has 0 saturated carbocycles. The Kier molecular flexibility index (Phi) is 9.02. The van der Waals surface area contributed by atoms with Crippen LogP contribution in [-0.4, -0.2) is 25.0 Å². The molecular formula is C37H29IN2O6. The largest absolute Gasteiger partial charge is 0.493 e. The van der Waals surface area contributed by atoms with E-state index in [2.05, 4.69) is 46.1 Å². The molecule has 8 nitrogen and oxygen atoms in total. The van der Waals surface area contributed by atoms with Crippen LogP contribution in [0.3, 0.4) is 0 Å². The van der Waals surface area contributed by atoms with E-state index in [1.807, 2.05) is 55.5 Å². The highest BCUT2D eigenvalue weighted by Crippen LogP contribution is 2.36. The maximum atomic E-state index is 13.5. The number of urea groups is 1. The fourth-order valence-electron chi connectivity index (χ4n) is 5.13. The van der Waals surface area contributed by atoms with E-state index in [1.54, 1.807) is 36.4 Å². The summed E-state index contributed by atoms with van der Waals surface area (Å²) in [6.07, 6.45) is 1.44. The number of aryl methyl sites for hydroxylation is 1. The lowest BCUT2D eigenvalue weighted by atomic mass is 10.1. The predicted octanol–water partition coefficient (Wildman–Crippen LogP) is 7.59. The molecule has 1 aliphatic rings. The minimum absolute atomic E-state index is 0.193. The molecule has 1 N–H and O–H groups in total. The summed E-state index contributed by atoms with van der Waals surface area (Å²) in [5, 5.41) is 4.50. The van der Waals surface area contributed by atoms with Gasteiger partial charge in [0.15, 0.2) is 11.5 Å². The van der Waals surface area contributed by atoms with Gasteiger partial charge in [0.05, 0.1) is 16.4 Å². The normalized spacial score (nSPS) is 14.0. The number of halogens is 1. The molecule has 6 rings (SSSR count). The molecule has 46 heavy (non-hydrogen) atoms. The highest BCUT2D eigenvalue weighted by atomic mass is 127. The molecule has 0 bridgehead atoms. The smallest absolute Gasteiger partial charge is 0.335 e. The van der Waals surface area contributed by atoms with Crippen molar-refractivity contribution in [3.8, 4) is 17.2 Å². The number of nitrogens with zero attached hydrogens (tertiary/aromatic N) is 1. The third-order valence-electron chi connectivity index (χ3n) is 7.54. The van der Waals surface area contributed by atoms with Gasteiger partial charge in [-0.2, -0.15) is 0 Å². The summed E-state index contributed by atoms with van der Waals surface area (Å²) in [5.41, 5.74) is 3.85. The number of nitrogens with one attached hydrogen (secondary N) is 1. The number of hydrogen-bond acceptors (Lipinski definition) is 6. The van der Waals surface area contributed by atoms with Crippen LogP contribution in [0.25, 0.3) is 16.8 Å². The van der Waals surface area contributed by atoms with Crippen LogP contribution in [-0.2, 0) is 22.8 Å². The van der Waals surface area contributed by atoms with Gasteiger partial charge in [0.2, 0.25) is 0 Å². The second-order valence-electron chi connectivity index (χ2n) is 10.7. The Morgan fingerprint density at radius 3 is 2.33 bits per heavy atom.